The first kappa shape index (κ1) is 15.3. The molecule has 0 spiro atoms. The summed E-state index contributed by atoms with van der Waals surface area (Å²) in [6, 6.07) is 8.72. The number of para-hydroxylation sites is 1. The van der Waals surface area contributed by atoms with E-state index in [4.69, 9.17) is 9.47 Å². The molecule has 3 unspecified atom stereocenters. The van der Waals surface area contributed by atoms with Crippen molar-refractivity contribution in [2.75, 3.05) is 19.8 Å². The zero-order chi connectivity index (χ0) is 14.4. The predicted molar refractivity (Wildman–Crippen MR) is 82.2 cm³/mol. The van der Waals surface area contributed by atoms with Gasteiger partial charge in [0.1, 0.15) is 5.75 Å². The Morgan fingerprint density at radius 1 is 1.35 bits per heavy atom. The van der Waals surface area contributed by atoms with Gasteiger partial charge in [0.15, 0.2) is 0 Å². The number of rotatable bonds is 7. The maximum Gasteiger partial charge on any atom is 0.124 e. The van der Waals surface area contributed by atoms with E-state index in [0.717, 1.165) is 38.3 Å². The molecule has 0 aromatic heterocycles. The van der Waals surface area contributed by atoms with Gasteiger partial charge in [0.2, 0.25) is 0 Å². The van der Waals surface area contributed by atoms with Crippen molar-refractivity contribution < 1.29 is 9.47 Å². The van der Waals surface area contributed by atoms with Gasteiger partial charge >= 0.3 is 0 Å². The highest BCUT2D eigenvalue weighted by Gasteiger charge is 2.33. The van der Waals surface area contributed by atoms with Crippen LogP contribution in [0.15, 0.2) is 24.3 Å². The fourth-order valence-electron chi connectivity index (χ4n) is 2.98. The average molecular weight is 277 g/mol. The normalized spacial score (nSPS) is 23.8. The molecule has 3 heteroatoms. The first-order chi connectivity index (χ1) is 9.77. The fraction of sp³-hybridized carbons (Fsp3) is 0.647. The molecule has 20 heavy (non-hydrogen) atoms. The monoisotopic (exact) mass is 277 g/mol. The summed E-state index contributed by atoms with van der Waals surface area (Å²) >= 11 is 0. The van der Waals surface area contributed by atoms with Crippen molar-refractivity contribution in [1.29, 1.82) is 0 Å². The Kier molecular flexibility index (Phi) is 5.86. The van der Waals surface area contributed by atoms with Crippen molar-refractivity contribution in [3.63, 3.8) is 0 Å². The largest absolute Gasteiger partial charge is 0.493 e. The third-order valence-corrected chi connectivity index (χ3v) is 4.00. The molecule has 0 amide bonds. The lowest BCUT2D eigenvalue weighted by molar-refractivity contribution is 0.0951. The number of ether oxygens (including phenoxy) is 2. The minimum atomic E-state index is 0.304. The fourth-order valence-corrected chi connectivity index (χ4v) is 2.98. The molecule has 112 valence electrons. The van der Waals surface area contributed by atoms with E-state index in [9.17, 15) is 0 Å². The van der Waals surface area contributed by atoms with Crippen LogP contribution in [0.5, 0.6) is 5.75 Å². The van der Waals surface area contributed by atoms with E-state index in [2.05, 4.69) is 44.3 Å². The molecule has 0 aliphatic carbocycles. The molecule has 1 heterocycles. The van der Waals surface area contributed by atoms with Gasteiger partial charge in [-0.05, 0) is 32.4 Å². The molecule has 1 N–H and O–H groups in total. The van der Waals surface area contributed by atoms with Crippen LogP contribution in [-0.2, 0) is 4.74 Å². The second kappa shape index (κ2) is 7.65. The van der Waals surface area contributed by atoms with Crippen LogP contribution in [-0.4, -0.2) is 25.9 Å². The minimum Gasteiger partial charge on any atom is -0.493 e. The lowest BCUT2D eigenvalue weighted by Crippen LogP contribution is -2.32. The molecule has 0 saturated carbocycles. The summed E-state index contributed by atoms with van der Waals surface area (Å²) in [5, 5.41) is 3.63. The summed E-state index contributed by atoms with van der Waals surface area (Å²) in [4.78, 5) is 0. The first-order valence-corrected chi connectivity index (χ1v) is 7.84. The van der Waals surface area contributed by atoms with E-state index in [1.807, 2.05) is 6.07 Å². The molecule has 3 nitrogen and oxygen atoms in total. The Morgan fingerprint density at radius 2 is 2.15 bits per heavy atom. The van der Waals surface area contributed by atoms with E-state index in [0.29, 0.717) is 18.1 Å². The van der Waals surface area contributed by atoms with E-state index in [-0.39, 0.29) is 0 Å². The third-order valence-electron chi connectivity index (χ3n) is 4.00. The number of hydrogen-bond acceptors (Lipinski definition) is 3. The molecule has 1 saturated heterocycles. The van der Waals surface area contributed by atoms with Crippen LogP contribution in [0.1, 0.15) is 45.2 Å². The van der Waals surface area contributed by atoms with Crippen molar-refractivity contribution in [2.45, 2.75) is 45.8 Å². The Morgan fingerprint density at radius 3 is 2.80 bits per heavy atom. The molecule has 1 aliphatic heterocycles. The Hall–Kier alpha value is -1.06. The SMILES string of the molecule is CCCOc1ccccc1C(NCC)C1CCOC1C. The van der Waals surface area contributed by atoms with Crippen LogP contribution in [0, 0.1) is 5.92 Å². The maximum atomic E-state index is 5.93. The highest BCUT2D eigenvalue weighted by molar-refractivity contribution is 5.36. The maximum absolute atomic E-state index is 5.93. The van der Waals surface area contributed by atoms with Crippen LogP contribution in [0.2, 0.25) is 0 Å². The van der Waals surface area contributed by atoms with Gasteiger partial charge in [-0.2, -0.15) is 0 Å². The van der Waals surface area contributed by atoms with Gasteiger partial charge < -0.3 is 14.8 Å². The second-order valence-corrected chi connectivity index (χ2v) is 5.45. The van der Waals surface area contributed by atoms with E-state index >= 15 is 0 Å². The van der Waals surface area contributed by atoms with Crippen molar-refractivity contribution in [3.05, 3.63) is 29.8 Å². The van der Waals surface area contributed by atoms with Gasteiger partial charge in [-0.15, -0.1) is 0 Å². The summed E-state index contributed by atoms with van der Waals surface area (Å²) in [7, 11) is 0. The van der Waals surface area contributed by atoms with E-state index < -0.39 is 0 Å². The van der Waals surface area contributed by atoms with Crippen molar-refractivity contribution in [1.82, 2.24) is 5.32 Å². The standard InChI is InChI=1S/C17H27NO2/c1-4-11-20-16-9-7-6-8-15(16)17(18-5-2)14-10-12-19-13(14)3/h6-9,13-14,17-18H,4-5,10-12H2,1-3H3. The number of benzene rings is 1. The van der Waals surface area contributed by atoms with Gasteiger partial charge in [-0.25, -0.2) is 0 Å². The van der Waals surface area contributed by atoms with Crippen molar-refractivity contribution in [2.24, 2.45) is 5.92 Å². The molecule has 0 bridgehead atoms. The molecule has 1 aliphatic rings. The zero-order valence-corrected chi connectivity index (χ0v) is 12.9. The quantitative estimate of drug-likeness (QED) is 0.826. The van der Waals surface area contributed by atoms with Crippen LogP contribution in [0.3, 0.4) is 0 Å². The summed E-state index contributed by atoms with van der Waals surface area (Å²) in [5.41, 5.74) is 1.27. The van der Waals surface area contributed by atoms with Crippen LogP contribution >= 0.6 is 0 Å². The highest BCUT2D eigenvalue weighted by atomic mass is 16.5. The molecule has 0 radical (unpaired) electrons. The third kappa shape index (κ3) is 3.53. The molecule has 1 fully saturated rings. The van der Waals surface area contributed by atoms with Gasteiger partial charge in [-0.1, -0.05) is 32.0 Å². The topological polar surface area (TPSA) is 30.5 Å². The minimum absolute atomic E-state index is 0.304. The smallest absolute Gasteiger partial charge is 0.124 e. The summed E-state index contributed by atoms with van der Waals surface area (Å²) in [6.45, 7) is 9.06. The first-order valence-electron chi connectivity index (χ1n) is 7.84. The van der Waals surface area contributed by atoms with E-state index in [1.165, 1.54) is 5.56 Å². The zero-order valence-electron chi connectivity index (χ0n) is 12.9. The van der Waals surface area contributed by atoms with Crippen molar-refractivity contribution >= 4 is 0 Å². The summed E-state index contributed by atoms with van der Waals surface area (Å²) < 4.78 is 11.7. The Bertz CT molecular complexity index is 408. The highest BCUT2D eigenvalue weighted by Crippen LogP contribution is 2.37. The molecule has 3 atom stereocenters. The van der Waals surface area contributed by atoms with Gasteiger partial charge in [0.25, 0.3) is 0 Å². The lowest BCUT2D eigenvalue weighted by atomic mass is 9.87. The molecule has 2 rings (SSSR count). The molecule has 1 aromatic rings. The second-order valence-electron chi connectivity index (χ2n) is 5.45. The molecular formula is C17H27NO2. The Labute approximate surface area is 122 Å². The van der Waals surface area contributed by atoms with Crippen molar-refractivity contribution in [3.8, 4) is 5.75 Å². The Balaban J connectivity index is 2.24. The van der Waals surface area contributed by atoms with E-state index in [1.54, 1.807) is 0 Å². The lowest BCUT2D eigenvalue weighted by Gasteiger charge is -2.28. The number of nitrogens with one attached hydrogen (secondary N) is 1. The molecular weight excluding hydrogens is 250 g/mol. The summed E-state index contributed by atoms with van der Waals surface area (Å²) in [5.74, 6) is 1.53. The van der Waals surface area contributed by atoms with Crippen LogP contribution < -0.4 is 10.1 Å². The predicted octanol–water partition coefficient (Wildman–Crippen LogP) is 3.55. The van der Waals surface area contributed by atoms with Crippen LogP contribution in [0.25, 0.3) is 0 Å². The van der Waals surface area contributed by atoms with Gasteiger partial charge in [-0.3, -0.25) is 0 Å². The number of hydrogen-bond donors (Lipinski definition) is 1. The van der Waals surface area contributed by atoms with Gasteiger partial charge in [0.05, 0.1) is 12.7 Å². The van der Waals surface area contributed by atoms with Gasteiger partial charge in [0, 0.05) is 24.1 Å². The van der Waals surface area contributed by atoms with Crippen LogP contribution in [0.4, 0.5) is 0 Å². The summed E-state index contributed by atoms with van der Waals surface area (Å²) in [6.07, 6.45) is 2.45. The average Bonchev–Trinajstić information content (AvgIpc) is 2.89. The molecule has 1 aromatic carbocycles.